The van der Waals surface area contributed by atoms with Gasteiger partial charge in [0.1, 0.15) is 17.3 Å². The third-order valence-corrected chi connectivity index (χ3v) is 3.93. The molecule has 1 atom stereocenters. The Morgan fingerprint density at radius 1 is 1.12 bits per heavy atom. The van der Waals surface area contributed by atoms with E-state index in [1.54, 1.807) is 54.6 Å². The van der Waals surface area contributed by atoms with Crippen LogP contribution >= 0.6 is 0 Å². The highest BCUT2D eigenvalue weighted by Gasteiger charge is 2.31. The third kappa shape index (κ3) is 3.26. The first kappa shape index (κ1) is 16.8. The maximum atomic E-state index is 12.6. The van der Waals surface area contributed by atoms with Crippen molar-refractivity contribution in [2.75, 3.05) is 6.61 Å². The van der Waals surface area contributed by atoms with Crippen molar-refractivity contribution in [1.82, 2.24) is 0 Å². The molecular weight excluding hydrogens is 320 g/mol. The van der Waals surface area contributed by atoms with E-state index in [2.05, 4.69) is 0 Å². The first-order valence-electron chi connectivity index (χ1n) is 8.09. The maximum absolute atomic E-state index is 12.6. The van der Waals surface area contributed by atoms with Crippen molar-refractivity contribution < 1.29 is 19.1 Å². The highest BCUT2D eigenvalue weighted by atomic mass is 16.5. The summed E-state index contributed by atoms with van der Waals surface area (Å²) in [5.41, 5.74) is -0.0338. The Kier molecular flexibility index (Phi) is 4.84. The Morgan fingerprint density at radius 3 is 2.52 bits per heavy atom. The summed E-state index contributed by atoms with van der Waals surface area (Å²) >= 11 is 0. The summed E-state index contributed by atoms with van der Waals surface area (Å²) in [5.74, 6) is -1.89. The summed E-state index contributed by atoms with van der Waals surface area (Å²) in [6.07, 6.45) is 0.658. The van der Waals surface area contributed by atoms with E-state index < -0.39 is 17.5 Å². The van der Waals surface area contributed by atoms with Crippen LogP contribution in [0.1, 0.15) is 30.4 Å². The van der Waals surface area contributed by atoms with E-state index in [0.29, 0.717) is 17.4 Å². The van der Waals surface area contributed by atoms with Gasteiger partial charge in [-0.25, -0.2) is 4.79 Å². The largest absolute Gasteiger partial charge is 0.507 e. The molecule has 3 rings (SSSR count). The lowest BCUT2D eigenvalue weighted by Crippen LogP contribution is -2.23. The number of hydrogen-bond donors (Lipinski definition) is 1. The van der Waals surface area contributed by atoms with Crippen molar-refractivity contribution in [3.63, 3.8) is 0 Å². The zero-order valence-electron chi connectivity index (χ0n) is 13.8. The van der Waals surface area contributed by atoms with Crippen molar-refractivity contribution in [2.45, 2.75) is 19.3 Å². The molecule has 1 aromatic heterocycles. The van der Waals surface area contributed by atoms with Gasteiger partial charge in [0.25, 0.3) is 0 Å². The van der Waals surface area contributed by atoms with Crippen molar-refractivity contribution in [3.05, 3.63) is 76.1 Å². The van der Waals surface area contributed by atoms with E-state index in [-0.39, 0.29) is 23.5 Å². The second-order valence-corrected chi connectivity index (χ2v) is 5.66. The number of para-hydroxylation sites is 1. The predicted octanol–water partition coefficient (Wildman–Crippen LogP) is 3.58. The summed E-state index contributed by atoms with van der Waals surface area (Å²) in [6.45, 7) is 2.12. The number of aromatic hydroxyl groups is 1. The number of hydrogen-bond acceptors (Lipinski definition) is 5. The van der Waals surface area contributed by atoms with Crippen LogP contribution < -0.4 is 5.63 Å². The van der Waals surface area contributed by atoms with E-state index in [9.17, 15) is 14.7 Å². The van der Waals surface area contributed by atoms with Gasteiger partial charge in [-0.15, -0.1) is 0 Å². The zero-order chi connectivity index (χ0) is 17.8. The van der Waals surface area contributed by atoms with Crippen LogP contribution in [-0.2, 0) is 9.53 Å². The molecule has 0 aliphatic rings. The van der Waals surface area contributed by atoms with Crippen molar-refractivity contribution in [3.8, 4) is 5.75 Å². The van der Waals surface area contributed by atoms with Gasteiger partial charge in [-0.1, -0.05) is 49.4 Å². The number of esters is 1. The van der Waals surface area contributed by atoms with Crippen LogP contribution in [0, 0.1) is 0 Å². The van der Waals surface area contributed by atoms with Crippen LogP contribution in [0.15, 0.2) is 63.8 Å². The minimum atomic E-state index is -1.05. The van der Waals surface area contributed by atoms with Crippen molar-refractivity contribution >= 4 is 16.9 Å². The van der Waals surface area contributed by atoms with E-state index in [1.165, 1.54) is 0 Å². The SMILES string of the molecule is CCCOC(=O)C(c1ccccc1)c1c(O)c2ccccc2oc1=O. The number of fused-ring (bicyclic) bond motifs is 1. The number of carbonyl (C=O) groups excluding carboxylic acids is 1. The van der Waals surface area contributed by atoms with Crippen LogP contribution in [0.3, 0.4) is 0 Å². The number of ether oxygens (including phenoxy) is 1. The van der Waals surface area contributed by atoms with E-state index in [4.69, 9.17) is 9.15 Å². The predicted molar refractivity (Wildman–Crippen MR) is 93.7 cm³/mol. The molecule has 0 saturated carbocycles. The minimum Gasteiger partial charge on any atom is -0.507 e. The Labute approximate surface area is 144 Å². The van der Waals surface area contributed by atoms with Gasteiger partial charge in [-0.05, 0) is 24.1 Å². The van der Waals surface area contributed by atoms with Gasteiger partial charge in [-0.2, -0.15) is 0 Å². The van der Waals surface area contributed by atoms with Crippen LogP contribution in [0.5, 0.6) is 5.75 Å². The molecule has 5 heteroatoms. The molecule has 1 unspecified atom stereocenters. The highest BCUT2D eigenvalue weighted by molar-refractivity contribution is 5.89. The lowest BCUT2D eigenvalue weighted by Gasteiger charge is -2.17. The van der Waals surface area contributed by atoms with Crippen LogP contribution in [0.4, 0.5) is 0 Å². The summed E-state index contributed by atoms with van der Waals surface area (Å²) in [7, 11) is 0. The van der Waals surface area contributed by atoms with Crippen LogP contribution in [-0.4, -0.2) is 17.7 Å². The fourth-order valence-electron chi connectivity index (χ4n) is 2.75. The summed E-state index contributed by atoms with van der Waals surface area (Å²) < 4.78 is 10.6. The van der Waals surface area contributed by atoms with E-state index >= 15 is 0 Å². The lowest BCUT2D eigenvalue weighted by molar-refractivity contribution is -0.144. The minimum absolute atomic E-state index is 0.106. The number of rotatable bonds is 5. The lowest BCUT2D eigenvalue weighted by atomic mass is 9.91. The molecule has 0 fully saturated rings. The molecule has 0 bridgehead atoms. The molecule has 128 valence electrons. The van der Waals surface area contributed by atoms with Gasteiger partial charge in [0, 0.05) is 0 Å². The first-order chi connectivity index (χ1) is 12.1. The van der Waals surface area contributed by atoms with Crippen molar-refractivity contribution in [1.29, 1.82) is 0 Å². The average Bonchev–Trinajstić information content (AvgIpc) is 2.64. The first-order valence-corrected chi connectivity index (χ1v) is 8.09. The monoisotopic (exact) mass is 338 g/mol. The van der Waals surface area contributed by atoms with Crippen LogP contribution in [0.2, 0.25) is 0 Å². The molecule has 0 amide bonds. The topological polar surface area (TPSA) is 76.7 Å². The molecule has 0 radical (unpaired) electrons. The summed E-state index contributed by atoms with van der Waals surface area (Å²) in [5, 5.41) is 11.0. The molecule has 0 spiro atoms. The maximum Gasteiger partial charge on any atom is 0.344 e. The standard InChI is InChI=1S/C20H18O5/c1-2-12-24-19(22)16(13-8-4-3-5-9-13)17-18(21)14-10-6-7-11-15(14)25-20(17)23/h3-11,16,21H,2,12H2,1H3. The van der Waals surface area contributed by atoms with E-state index in [0.717, 1.165) is 0 Å². The molecule has 1 heterocycles. The Bertz CT molecular complexity index is 943. The number of carbonyl (C=O) groups is 1. The van der Waals surface area contributed by atoms with Gasteiger partial charge in [0.2, 0.25) is 0 Å². The summed E-state index contributed by atoms with van der Waals surface area (Å²) in [4.78, 5) is 25.1. The Balaban J connectivity index is 2.21. The fourth-order valence-corrected chi connectivity index (χ4v) is 2.75. The van der Waals surface area contributed by atoms with Gasteiger partial charge in [-0.3, -0.25) is 4.79 Å². The van der Waals surface area contributed by atoms with Gasteiger partial charge >= 0.3 is 11.6 Å². The number of benzene rings is 2. The quantitative estimate of drug-likeness (QED) is 0.568. The normalized spacial score (nSPS) is 12.0. The molecule has 0 aliphatic carbocycles. The molecule has 1 N–H and O–H groups in total. The zero-order valence-corrected chi connectivity index (χ0v) is 13.8. The molecule has 3 aromatic rings. The van der Waals surface area contributed by atoms with Crippen molar-refractivity contribution in [2.24, 2.45) is 0 Å². The summed E-state index contributed by atoms with van der Waals surface area (Å²) in [6, 6.07) is 15.4. The molecular formula is C20H18O5. The molecule has 0 aliphatic heterocycles. The second-order valence-electron chi connectivity index (χ2n) is 5.66. The fraction of sp³-hybridized carbons (Fsp3) is 0.200. The Hall–Kier alpha value is -3.08. The molecule has 2 aromatic carbocycles. The third-order valence-electron chi connectivity index (χ3n) is 3.93. The second kappa shape index (κ2) is 7.21. The Morgan fingerprint density at radius 2 is 1.80 bits per heavy atom. The van der Waals surface area contributed by atoms with Gasteiger partial charge < -0.3 is 14.3 Å². The average molecular weight is 338 g/mol. The smallest absolute Gasteiger partial charge is 0.344 e. The van der Waals surface area contributed by atoms with Gasteiger partial charge in [0.15, 0.2) is 0 Å². The van der Waals surface area contributed by atoms with Gasteiger partial charge in [0.05, 0.1) is 17.6 Å². The molecule has 5 nitrogen and oxygen atoms in total. The van der Waals surface area contributed by atoms with Crippen LogP contribution in [0.25, 0.3) is 11.0 Å². The highest BCUT2D eigenvalue weighted by Crippen LogP contribution is 2.34. The van der Waals surface area contributed by atoms with E-state index in [1.807, 2.05) is 6.92 Å². The molecule has 0 saturated heterocycles. The molecule has 25 heavy (non-hydrogen) atoms.